The Hall–Kier alpha value is -3.19. The van der Waals surface area contributed by atoms with Crippen LogP contribution >= 0.6 is 11.6 Å². The minimum atomic E-state index is -4.64. The van der Waals surface area contributed by atoms with Crippen LogP contribution in [0.1, 0.15) is 11.1 Å². The highest BCUT2D eigenvalue weighted by Crippen LogP contribution is 2.35. The fourth-order valence-corrected chi connectivity index (χ4v) is 4.05. The molecule has 3 rings (SSSR count). The number of aromatic nitrogens is 3. The normalized spacial score (nSPS) is 12.1. The minimum Gasteiger partial charge on any atom is -0.438 e. The molecule has 0 aliphatic rings. The maximum atomic E-state index is 13.6. The number of hydrogen-bond donors (Lipinski definition) is 1. The molecular formula is C17H11ClF4N4O4S. The average molecular weight is 479 g/mol. The molecule has 3 aromatic rings. The van der Waals surface area contributed by atoms with Gasteiger partial charge >= 0.3 is 11.9 Å². The van der Waals surface area contributed by atoms with Gasteiger partial charge in [-0.1, -0.05) is 11.6 Å². The Morgan fingerprint density at radius 1 is 1.23 bits per heavy atom. The van der Waals surface area contributed by atoms with Crippen LogP contribution in [0.5, 0.6) is 11.6 Å². The van der Waals surface area contributed by atoms with E-state index in [1.807, 2.05) is 0 Å². The van der Waals surface area contributed by atoms with Crippen molar-refractivity contribution in [3.8, 4) is 11.6 Å². The Labute approximate surface area is 176 Å². The molecular weight excluding hydrogens is 468 g/mol. The summed E-state index contributed by atoms with van der Waals surface area (Å²) < 4.78 is 82.6. The summed E-state index contributed by atoms with van der Waals surface area (Å²) in [7, 11) is -4.54. The number of aryl methyl sites for hydroxylation is 1. The quantitative estimate of drug-likeness (QED) is 0.571. The number of benzene rings is 1. The summed E-state index contributed by atoms with van der Waals surface area (Å²) in [5, 5.41) is -0.417. The lowest BCUT2D eigenvalue weighted by Gasteiger charge is -2.13. The number of alkyl halides is 3. The standard InChI is InChI=1S/C17H11ClF4N4O4S/c1-8-4-10(30-15-11(18)5-9(6-24-15)17(20,21)22)2-3-13(8)31(28,29)26-7-12(19)14(23)25-16(26)27/h2-7H,1H3,(H2,23,25,27). The Balaban J connectivity index is 1.96. The van der Waals surface area contributed by atoms with Gasteiger partial charge in [0.15, 0.2) is 11.6 Å². The second-order valence-corrected chi connectivity index (χ2v) is 8.29. The smallest absolute Gasteiger partial charge is 0.417 e. The van der Waals surface area contributed by atoms with Crippen LogP contribution in [-0.2, 0) is 16.2 Å². The zero-order valence-electron chi connectivity index (χ0n) is 15.3. The third-order valence-electron chi connectivity index (χ3n) is 3.91. The van der Waals surface area contributed by atoms with Crippen molar-refractivity contribution < 1.29 is 30.7 Å². The first kappa shape index (κ1) is 22.5. The molecule has 2 heterocycles. The van der Waals surface area contributed by atoms with E-state index in [1.165, 1.54) is 13.0 Å². The summed E-state index contributed by atoms with van der Waals surface area (Å²) >= 11 is 5.78. The fourth-order valence-electron chi connectivity index (χ4n) is 2.45. The van der Waals surface area contributed by atoms with Crippen molar-refractivity contribution in [1.29, 1.82) is 0 Å². The van der Waals surface area contributed by atoms with Gasteiger partial charge in [0.25, 0.3) is 10.0 Å². The molecule has 0 amide bonds. The van der Waals surface area contributed by atoms with Crippen molar-refractivity contribution in [2.45, 2.75) is 18.0 Å². The van der Waals surface area contributed by atoms with E-state index >= 15 is 0 Å². The van der Waals surface area contributed by atoms with Crippen LogP contribution in [0.3, 0.4) is 0 Å². The molecule has 31 heavy (non-hydrogen) atoms. The largest absolute Gasteiger partial charge is 0.438 e. The molecule has 0 unspecified atom stereocenters. The molecule has 0 radical (unpaired) electrons. The highest BCUT2D eigenvalue weighted by molar-refractivity contribution is 7.90. The van der Waals surface area contributed by atoms with Crippen molar-refractivity contribution >= 4 is 27.4 Å². The number of pyridine rings is 1. The van der Waals surface area contributed by atoms with Crippen LogP contribution in [-0.4, -0.2) is 22.4 Å². The fraction of sp³-hybridized carbons (Fsp3) is 0.118. The lowest BCUT2D eigenvalue weighted by Crippen LogP contribution is -2.30. The van der Waals surface area contributed by atoms with Crippen molar-refractivity contribution in [2.75, 3.05) is 5.73 Å². The van der Waals surface area contributed by atoms with Gasteiger partial charge in [0.05, 0.1) is 16.7 Å². The topological polar surface area (TPSA) is 117 Å². The third kappa shape index (κ3) is 4.46. The van der Waals surface area contributed by atoms with E-state index in [9.17, 15) is 30.8 Å². The van der Waals surface area contributed by atoms with E-state index < -0.39 is 44.1 Å². The van der Waals surface area contributed by atoms with E-state index in [-0.39, 0.29) is 26.1 Å². The van der Waals surface area contributed by atoms with Gasteiger partial charge in [-0.2, -0.15) is 22.1 Å². The summed E-state index contributed by atoms with van der Waals surface area (Å²) in [6.45, 7) is 1.35. The molecule has 0 atom stereocenters. The highest BCUT2D eigenvalue weighted by atomic mass is 35.5. The number of anilines is 1. The molecule has 0 spiro atoms. The Bertz CT molecular complexity index is 1340. The average Bonchev–Trinajstić information content (AvgIpc) is 2.65. The number of nitrogens with two attached hydrogens (primary N) is 1. The van der Waals surface area contributed by atoms with Crippen LogP contribution in [0, 0.1) is 12.7 Å². The first-order valence-electron chi connectivity index (χ1n) is 8.12. The molecule has 2 aromatic heterocycles. The van der Waals surface area contributed by atoms with Crippen molar-refractivity contribution in [3.05, 3.63) is 69.1 Å². The maximum Gasteiger partial charge on any atom is 0.417 e. The summed E-state index contributed by atoms with van der Waals surface area (Å²) in [5.41, 5.74) is 2.85. The van der Waals surface area contributed by atoms with E-state index in [4.69, 9.17) is 22.1 Å². The van der Waals surface area contributed by atoms with Gasteiger partial charge < -0.3 is 10.5 Å². The lowest BCUT2D eigenvalue weighted by atomic mass is 10.2. The second-order valence-electron chi connectivity index (χ2n) is 6.10. The zero-order valence-corrected chi connectivity index (χ0v) is 16.9. The molecule has 0 aliphatic carbocycles. The zero-order chi connectivity index (χ0) is 23.1. The number of nitrogens with zero attached hydrogens (tertiary/aromatic N) is 3. The van der Waals surface area contributed by atoms with E-state index in [0.29, 0.717) is 18.5 Å². The predicted octanol–water partition coefficient (Wildman–Crippen LogP) is 3.37. The molecule has 0 saturated carbocycles. The molecule has 164 valence electrons. The van der Waals surface area contributed by atoms with Gasteiger partial charge in [0.1, 0.15) is 10.8 Å². The Morgan fingerprint density at radius 2 is 1.90 bits per heavy atom. The van der Waals surface area contributed by atoms with Gasteiger partial charge in [0, 0.05) is 6.20 Å². The summed E-state index contributed by atoms with van der Waals surface area (Å²) in [5.74, 6) is -2.30. The van der Waals surface area contributed by atoms with Crippen molar-refractivity contribution in [2.24, 2.45) is 0 Å². The van der Waals surface area contributed by atoms with Gasteiger partial charge in [-0.3, -0.25) is 0 Å². The predicted molar refractivity (Wildman–Crippen MR) is 101 cm³/mol. The van der Waals surface area contributed by atoms with Crippen LogP contribution in [0.2, 0.25) is 5.02 Å². The Morgan fingerprint density at radius 3 is 2.48 bits per heavy atom. The first-order chi connectivity index (χ1) is 14.3. The second kappa shape index (κ2) is 7.81. The van der Waals surface area contributed by atoms with Gasteiger partial charge in [-0.05, 0) is 36.8 Å². The summed E-state index contributed by atoms with van der Waals surface area (Å²) in [6.07, 6.45) is -3.71. The molecule has 0 aliphatic heterocycles. The summed E-state index contributed by atoms with van der Waals surface area (Å²) in [6, 6.07) is 4.06. The molecule has 2 N–H and O–H groups in total. The maximum absolute atomic E-state index is 13.6. The molecule has 1 aromatic carbocycles. The van der Waals surface area contributed by atoms with Crippen LogP contribution < -0.4 is 16.2 Å². The monoisotopic (exact) mass is 478 g/mol. The van der Waals surface area contributed by atoms with Crippen LogP contribution in [0.15, 0.2) is 46.3 Å². The van der Waals surface area contributed by atoms with Gasteiger partial charge in [0.2, 0.25) is 5.88 Å². The van der Waals surface area contributed by atoms with Crippen molar-refractivity contribution in [1.82, 2.24) is 13.9 Å². The first-order valence-corrected chi connectivity index (χ1v) is 9.94. The Kier molecular flexibility index (Phi) is 5.67. The number of rotatable bonds is 4. The minimum absolute atomic E-state index is 0.000401. The third-order valence-corrected chi connectivity index (χ3v) is 5.98. The van der Waals surface area contributed by atoms with E-state index in [2.05, 4.69) is 9.97 Å². The number of hydrogen-bond acceptors (Lipinski definition) is 7. The SMILES string of the molecule is Cc1cc(Oc2ncc(C(F)(F)F)cc2Cl)ccc1S(=O)(=O)n1cc(F)c(N)nc1=O. The molecule has 0 bridgehead atoms. The molecule has 0 fully saturated rings. The molecule has 14 heteroatoms. The van der Waals surface area contributed by atoms with Gasteiger partial charge in [-0.25, -0.2) is 22.6 Å². The molecule has 8 nitrogen and oxygen atoms in total. The lowest BCUT2D eigenvalue weighted by molar-refractivity contribution is -0.137. The highest BCUT2D eigenvalue weighted by Gasteiger charge is 2.32. The molecule has 0 saturated heterocycles. The number of nitrogen functional groups attached to an aromatic ring is 1. The van der Waals surface area contributed by atoms with Gasteiger partial charge in [-0.15, -0.1) is 0 Å². The van der Waals surface area contributed by atoms with Crippen molar-refractivity contribution in [3.63, 3.8) is 0 Å². The van der Waals surface area contributed by atoms with E-state index in [1.54, 1.807) is 0 Å². The van der Waals surface area contributed by atoms with Crippen LogP contribution in [0.25, 0.3) is 0 Å². The van der Waals surface area contributed by atoms with E-state index in [0.717, 1.165) is 12.1 Å². The number of ether oxygens (including phenoxy) is 1. The number of halogens is 5. The summed E-state index contributed by atoms with van der Waals surface area (Å²) in [4.78, 5) is 18.1. The van der Waals surface area contributed by atoms with Crippen LogP contribution in [0.4, 0.5) is 23.4 Å².